The lowest BCUT2D eigenvalue weighted by atomic mass is 9.78. The molecular weight excluding hydrogens is 267 g/mol. The third kappa shape index (κ3) is 2.57. The van der Waals surface area contributed by atoms with Crippen molar-refractivity contribution in [3.63, 3.8) is 0 Å². The summed E-state index contributed by atoms with van der Waals surface area (Å²) in [7, 11) is 0. The zero-order valence-electron chi connectivity index (χ0n) is 11.3. The number of hydrogen-bond donors (Lipinski definition) is 2. The van der Waals surface area contributed by atoms with E-state index in [-0.39, 0.29) is 12.5 Å². The van der Waals surface area contributed by atoms with Crippen LogP contribution in [0, 0.1) is 5.92 Å². The van der Waals surface area contributed by atoms with E-state index in [1.54, 1.807) is 0 Å². The van der Waals surface area contributed by atoms with Crippen molar-refractivity contribution in [2.75, 3.05) is 0 Å². The highest BCUT2D eigenvalue weighted by molar-refractivity contribution is 5.22. The standard InChI is InChI=1S/C14H20F3N3/c15-14(16,17)10-4-2-1-3-9(10)13-19-11-6-5-8(18)7-12(11)20-13/h8-10H,1-7,18H2,(H,19,20). The molecule has 112 valence electrons. The van der Waals surface area contributed by atoms with Crippen LogP contribution in [0.4, 0.5) is 13.2 Å². The van der Waals surface area contributed by atoms with Crippen LogP contribution in [0.15, 0.2) is 0 Å². The molecule has 3 N–H and O–H groups in total. The average molecular weight is 287 g/mol. The smallest absolute Gasteiger partial charge is 0.345 e. The number of hydrogen-bond acceptors (Lipinski definition) is 2. The molecule has 20 heavy (non-hydrogen) atoms. The SMILES string of the molecule is NC1CCc2nc(C3CCCCC3C(F)(F)F)[nH]c2C1. The van der Waals surface area contributed by atoms with E-state index < -0.39 is 18.0 Å². The first-order chi connectivity index (χ1) is 9.45. The van der Waals surface area contributed by atoms with Gasteiger partial charge in [0.25, 0.3) is 0 Å². The first-order valence-electron chi connectivity index (χ1n) is 7.35. The Bertz CT molecular complexity index is 480. The van der Waals surface area contributed by atoms with Gasteiger partial charge in [0.05, 0.1) is 11.6 Å². The highest BCUT2D eigenvalue weighted by atomic mass is 19.4. The van der Waals surface area contributed by atoms with Gasteiger partial charge >= 0.3 is 6.18 Å². The largest absolute Gasteiger partial charge is 0.392 e. The van der Waals surface area contributed by atoms with E-state index in [0.717, 1.165) is 30.7 Å². The number of imidazole rings is 1. The van der Waals surface area contributed by atoms with Gasteiger partial charge in [0.2, 0.25) is 0 Å². The molecule has 0 aromatic carbocycles. The van der Waals surface area contributed by atoms with Gasteiger partial charge in [-0.25, -0.2) is 4.98 Å². The Kier molecular flexibility index (Phi) is 3.52. The van der Waals surface area contributed by atoms with Crippen LogP contribution in [-0.2, 0) is 12.8 Å². The van der Waals surface area contributed by atoms with Crippen molar-refractivity contribution >= 4 is 0 Å². The third-order valence-corrected chi connectivity index (χ3v) is 4.64. The molecule has 1 aromatic heterocycles. The van der Waals surface area contributed by atoms with Gasteiger partial charge in [0.1, 0.15) is 5.82 Å². The van der Waals surface area contributed by atoms with E-state index in [0.29, 0.717) is 25.1 Å². The number of aromatic amines is 1. The summed E-state index contributed by atoms with van der Waals surface area (Å²) < 4.78 is 39.5. The predicted octanol–water partition coefficient (Wildman–Crippen LogP) is 3.06. The maximum absolute atomic E-state index is 13.2. The summed E-state index contributed by atoms with van der Waals surface area (Å²) in [5, 5.41) is 0. The number of halogens is 3. The van der Waals surface area contributed by atoms with Crippen molar-refractivity contribution in [3.8, 4) is 0 Å². The molecule has 0 aliphatic heterocycles. The summed E-state index contributed by atoms with van der Waals surface area (Å²) in [6.45, 7) is 0. The fraction of sp³-hybridized carbons (Fsp3) is 0.786. The molecule has 0 radical (unpaired) electrons. The second-order valence-corrected chi connectivity index (χ2v) is 6.09. The van der Waals surface area contributed by atoms with E-state index in [1.165, 1.54) is 0 Å². The molecule has 3 unspecified atom stereocenters. The van der Waals surface area contributed by atoms with Crippen molar-refractivity contribution in [3.05, 3.63) is 17.2 Å². The van der Waals surface area contributed by atoms with Crippen LogP contribution in [-0.4, -0.2) is 22.2 Å². The summed E-state index contributed by atoms with van der Waals surface area (Å²) in [5.74, 6) is -1.23. The molecule has 0 bridgehead atoms. The van der Waals surface area contributed by atoms with Gasteiger partial charge in [-0.05, 0) is 25.7 Å². The normalized spacial score (nSPS) is 31.1. The second-order valence-electron chi connectivity index (χ2n) is 6.09. The van der Waals surface area contributed by atoms with Crippen molar-refractivity contribution in [2.24, 2.45) is 11.7 Å². The molecule has 3 nitrogen and oxygen atoms in total. The molecule has 1 aromatic rings. The summed E-state index contributed by atoms with van der Waals surface area (Å²) in [4.78, 5) is 7.61. The maximum atomic E-state index is 13.2. The number of rotatable bonds is 1. The molecule has 3 rings (SSSR count). The minimum absolute atomic E-state index is 0.0977. The molecular formula is C14H20F3N3. The monoisotopic (exact) mass is 287 g/mol. The van der Waals surface area contributed by atoms with Gasteiger partial charge in [-0.1, -0.05) is 12.8 Å². The summed E-state index contributed by atoms with van der Waals surface area (Å²) in [6, 6.07) is 0.0977. The van der Waals surface area contributed by atoms with Crippen LogP contribution in [0.1, 0.15) is 55.2 Å². The third-order valence-electron chi connectivity index (χ3n) is 4.64. The molecule has 2 aliphatic carbocycles. The lowest BCUT2D eigenvalue weighted by molar-refractivity contribution is -0.187. The fourth-order valence-corrected chi connectivity index (χ4v) is 3.56. The molecule has 3 atom stereocenters. The average Bonchev–Trinajstić information content (AvgIpc) is 2.80. The summed E-state index contributed by atoms with van der Waals surface area (Å²) in [6.07, 6.45) is 0.511. The topological polar surface area (TPSA) is 54.7 Å². The highest BCUT2D eigenvalue weighted by Crippen LogP contribution is 2.45. The molecule has 1 saturated carbocycles. The Balaban J connectivity index is 1.87. The molecule has 2 aliphatic rings. The quantitative estimate of drug-likeness (QED) is 0.834. The molecule has 1 heterocycles. The Morgan fingerprint density at radius 2 is 1.90 bits per heavy atom. The maximum Gasteiger partial charge on any atom is 0.392 e. The van der Waals surface area contributed by atoms with Gasteiger partial charge in [-0.2, -0.15) is 13.2 Å². The van der Waals surface area contributed by atoms with Crippen LogP contribution < -0.4 is 5.73 Å². The van der Waals surface area contributed by atoms with Gasteiger partial charge in [0, 0.05) is 24.1 Å². The number of nitrogens with two attached hydrogens (primary N) is 1. The van der Waals surface area contributed by atoms with E-state index in [2.05, 4.69) is 9.97 Å². The van der Waals surface area contributed by atoms with Gasteiger partial charge in [-0.3, -0.25) is 0 Å². The number of H-pyrrole nitrogens is 1. The number of aryl methyl sites for hydroxylation is 1. The van der Waals surface area contributed by atoms with Crippen LogP contribution in [0.5, 0.6) is 0 Å². The molecule has 0 spiro atoms. The van der Waals surface area contributed by atoms with Crippen molar-refractivity contribution in [1.82, 2.24) is 9.97 Å². The van der Waals surface area contributed by atoms with Gasteiger partial charge < -0.3 is 10.7 Å². The lowest BCUT2D eigenvalue weighted by Crippen LogP contribution is -2.32. The van der Waals surface area contributed by atoms with Crippen molar-refractivity contribution < 1.29 is 13.2 Å². The molecule has 1 fully saturated rings. The first-order valence-corrected chi connectivity index (χ1v) is 7.35. The molecule has 6 heteroatoms. The zero-order chi connectivity index (χ0) is 14.3. The van der Waals surface area contributed by atoms with Crippen LogP contribution >= 0.6 is 0 Å². The first kappa shape index (κ1) is 13.9. The second kappa shape index (κ2) is 5.06. The summed E-state index contributed by atoms with van der Waals surface area (Å²) >= 11 is 0. The zero-order valence-corrected chi connectivity index (χ0v) is 11.3. The van der Waals surface area contributed by atoms with Crippen LogP contribution in [0.25, 0.3) is 0 Å². The minimum Gasteiger partial charge on any atom is -0.345 e. The number of aromatic nitrogens is 2. The van der Waals surface area contributed by atoms with Crippen molar-refractivity contribution in [2.45, 2.75) is 63.1 Å². The van der Waals surface area contributed by atoms with Gasteiger partial charge in [-0.15, -0.1) is 0 Å². The Morgan fingerprint density at radius 1 is 1.15 bits per heavy atom. The van der Waals surface area contributed by atoms with Crippen molar-refractivity contribution in [1.29, 1.82) is 0 Å². The molecule has 0 amide bonds. The van der Waals surface area contributed by atoms with E-state index in [4.69, 9.17) is 5.73 Å². The highest BCUT2D eigenvalue weighted by Gasteiger charge is 2.47. The van der Waals surface area contributed by atoms with Gasteiger partial charge in [0.15, 0.2) is 0 Å². The van der Waals surface area contributed by atoms with E-state index in [9.17, 15) is 13.2 Å². The number of alkyl halides is 3. The number of fused-ring (bicyclic) bond motifs is 1. The van der Waals surface area contributed by atoms with Crippen LogP contribution in [0.2, 0.25) is 0 Å². The number of nitrogens with zero attached hydrogens (tertiary/aromatic N) is 1. The Morgan fingerprint density at radius 3 is 2.65 bits per heavy atom. The number of nitrogens with one attached hydrogen (secondary N) is 1. The Labute approximate surface area is 116 Å². The minimum atomic E-state index is -4.13. The molecule has 0 saturated heterocycles. The summed E-state index contributed by atoms with van der Waals surface area (Å²) in [5.41, 5.74) is 7.78. The predicted molar refractivity (Wildman–Crippen MR) is 69.3 cm³/mol. The van der Waals surface area contributed by atoms with E-state index in [1.807, 2.05) is 0 Å². The van der Waals surface area contributed by atoms with Crippen LogP contribution in [0.3, 0.4) is 0 Å². The fourth-order valence-electron chi connectivity index (χ4n) is 3.56. The lowest BCUT2D eigenvalue weighted by Gasteiger charge is -2.31. The Hall–Kier alpha value is -1.04. The van der Waals surface area contributed by atoms with E-state index >= 15 is 0 Å².